The molecule has 1 fully saturated rings. The van der Waals surface area contributed by atoms with Gasteiger partial charge in [-0.25, -0.2) is 9.18 Å². The van der Waals surface area contributed by atoms with Crippen LogP contribution in [0.2, 0.25) is 0 Å². The molecule has 0 amide bonds. The third-order valence-electron chi connectivity index (χ3n) is 3.80. The summed E-state index contributed by atoms with van der Waals surface area (Å²) in [5, 5.41) is 0. The second-order valence-electron chi connectivity index (χ2n) is 6.60. The SMILES string of the molecule is COc1cc(OC(=O)OC2CCCC2F)cc(C(C)(C)C)c1. The first-order valence-corrected chi connectivity index (χ1v) is 7.51. The van der Waals surface area contributed by atoms with Crippen LogP contribution in [0.1, 0.15) is 45.6 Å². The van der Waals surface area contributed by atoms with Crippen LogP contribution in [0.4, 0.5) is 9.18 Å². The normalized spacial score (nSPS) is 21.5. The summed E-state index contributed by atoms with van der Waals surface area (Å²) in [6.07, 6.45) is -0.954. The summed E-state index contributed by atoms with van der Waals surface area (Å²) in [6, 6.07) is 5.27. The topological polar surface area (TPSA) is 44.8 Å². The lowest BCUT2D eigenvalue weighted by molar-refractivity contribution is 0.0310. The number of methoxy groups -OCH3 is 1. The van der Waals surface area contributed by atoms with Gasteiger partial charge in [-0.3, -0.25) is 0 Å². The van der Waals surface area contributed by atoms with Gasteiger partial charge in [0.1, 0.15) is 23.8 Å². The van der Waals surface area contributed by atoms with Crippen LogP contribution in [0.15, 0.2) is 18.2 Å². The summed E-state index contributed by atoms with van der Waals surface area (Å²) in [5.41, 5.74) is 0.852. The van der Waals surface area contributed by atoms with E-state index >= 15 is 0 Å². The summed E-state index contributed by atoms with van der Waals surface area (Å²) < 4.78 is 28.9. The van der Waals surface area contributed by atoms with Gasteiger partial charge in [-0.15, -0.1) is 0 Å². The number of halogens is 1. The summed E-state index contributed by atoms with van der Waals surface area (Å²) in [6.45, 7) is 6.16. The average molecular weight is 310 g/mol. The molecule has 0 radical (unpaired) electrons. The van der Waals surface area contributed by atoms with Gasteiger partial charge in [-0.2, -0.15) is 0 Å². The summed E-state index contributed by atoms with van der Waals surface area (Å²) in [7, 11) is 1.55. The smallest absolute Gasteiger partial charge is 0.497 e. The molecule has 1 aromatic rings. The number of hydrogen-bond donors (Lipinski definition) is 0. The summed E-state index contributed by atoms with van der Waals surface area (Å²) >= 11 is 0. The van der Waals surface area contributed by atoms with Crippen molar-refractivity contribution in [1.82, 2.24) is 0 Å². The van der Waals surface area contributed by atoms with Crippen molar-refractivity contribution < 1.29 is 23.4 Å². The number of benzene rings is 1. The molecule has 0 aliphatic heterocycles. The molecule has 1 aliphatic rings. The molecule has 4 nitrogen and oxygen atoms in total. The minimum absolute atomic E-state index is 0.119. The molecule has 5 heteroatoms. The van der Waals surface area contributed by atoms with Crippen LogP contribution in [0.5, 0.6) is 11.5 Å². The van der Waals surface area contributed by atoms with E-state index in [1.54, 1.807) is 19.2 Å². The standard InChI is InChI=1S/C17H23FO4/c1-17(2,3)11-8-12(20-4)10-13(9-11)21-16(19)22-15-7-5-6-14(15)18/h8-10,14-15H,5-7H2,1-4H3. The number of hydrogen-bond acceptors (Lipinski definition) is 4. The van der Waals surface area contributed by atoms with Crippen LogP contribution in [-0.2, 0) is 10.2 Å². The largest absolute Gasteiger partial charge is 0.514 e. The molecule has 2 rings (SSSR count). The Balaban J connectivity index is 2.09. The maximum absolute atomic E-state index is 13.5. The molecule has 2 unspecified atom stereocenters. The van der Waals surface area contributed by atoms with Gasteiger partial charge in [-0.05, 0) is 42.4 Å². The van der Waals surface area contributed by atoms with Crippen LogP contribution in [0, 0.1) is 0 Å². The minimum atomic E-state index is -1.09. The van der Waals surface area contributed by atoms with Crippen molar-refractivity contribution >= 4 is 6.16 Å². The van der Waals surface area contributed by atoms with Crippen LogP contribution in [0.3, 0.4) is 0 Å². The number of ether oxygens (including phenoxy) is 3. The van der Waals surface area contributed by atoms with Gasteiger partial charge in [-0.1, -0.05) is 20.8 Å². The fraction of sp³-hybridized carbons (Fsp3) is 0.588. The van der Waals surface area contributed by atoms with Gasteiger partial charge in [0.15, 0.2) is 0 Å². The predicted octanol–water partition coefficient (Wildman–Crippen LogP) is 4.40. The molecule has 0 N–H and O–H groups in total. The lowest BCUT2D eigenvalue weighted by Gasteiger charge is -2.21. The summed E-state index contributed by atoms with van der Waals surface area (Å²) in [4.78, 5) is 11.8. The van der Waals surface area contributed by atoms with Crippen molar-refractivity contribution in [1.29, 1.82) is 0 Å². The van der Waals surface area contributed by atoms with Gasteiger partial charge in [0.05, 0.1) is 7.11 Å². The number of carbonyl (C=O) groups excluding carboxylic acids is 1. The zero-order valence-corrected chi connectivity index (χ0v) is 13.5. The lowest BCUT2D eigenvalue weighted by Crippen LogP contribution is -2.25. The van der Waals surface area contributed by atoms with Gasteiger partial charge < -0.3 is 14.2 Å². The fourth-order valence-electron chi connectivity index (χ4n) is 2.44. The maximum atomic E-state index is 13.5. The third kappa shape index (κ3) is 4.12. The molecule has 0 spiro atoms. The molecule has 2 atom stereocenters. The number of rotatable bonds is 3. The van der Waals surface area contributed by atoms with Crippen molar-refractivity contribution in [3.8, 4) is 11.5 Å². The van der Waals surface area contributed by atoms with E-state index < -0.39 is 18.4 Å². The number of carbonyl (C=O) groups is 1. The van der Waals surface area contributed by atoms with Gasteiger partial charge >= 0.3 is 6.16 Å². The van der Waals surface area contributed by atoms with E-state index in [1.165, 1.54) is 0 Å². The quantitative estimate of drug-likeness (QED) is 0.613. The fourth-order valence-corrected chi connectivity index (χ4v) is 2.44. The average Bonchev–Trinajstić information content (AvgIpc) is 2.82. The molecule has 1 aromatic carbocycles. The molecule has 22 heavy (non-hydrogen) atoms. The molecule has 122 valence electrons. The molecule has 0 aromatic heterocycles. The van der Waals surface area contributed by atoms with Crippen molar-refractivity contribution in [2.75, 3.05) is 7.11 Å². The van der Waals surface area contributed by atoms with Crippen LogP contribution >= 0.6 is 0 Å². The second kappa shape index (κ2) is 6.55. The first-order chi connectivity index (χ1) is 10.3. The Bertz CT molecular complexity index is 536. The highest BCUT2D eigenvalue weighted by Gasteiger charge is 2.31. The van der Waals surface area contributed by atoms with Gasteiger partial charge in [0, 0.05) is 6.07 Å². The molecule has 1 saturated carbocycles. The second-order valence-corrected chi connectivity index (χ2v) is 6.60. The Morgan fingerprint density at radius 3 is 2.41 bits per heavy atom. The van der Waals surface area contributed by atoms with E-state index in [0.29, 0.717) is 24.3 Å². The van der Waals surface area contributed by atoms with E-state index in [-0.39, 0.29) is 5.41 Å². The lowest BCUT2D eigenvalue weighted by atomic mass is 9.87. The number of alkyl halides is 1. The Morgan fingerprint density at radius 1 is 1.18 bits per heavy atom. The Hall–Kier alpha value is -1.78. The zero-order chi connectivity index (χ0) is 16.3. The van der Waals surface area contributed by atoms with E-state index in [0.717, 1.165) is 12.0 Å². The molecule has 0 saturated heterocycles. The Kier molecular flexibility index (Phi) is 4.94. The highest BCUT2D eigenvalue weighted by molar-refractivity contribution is 5.64. The van der Waals surface area contributed by atoms with E-state index in [1.807, 2.05) is 6.07 Å². The highest BCUT2D eigenvalue weighted by Crippen LogP contribution is 2.31. The van der Waals surface area contributed by atoms with E-state index in [4.69, 9.17) is 14.2 Å². The van der Waals surface area contributed by atoms with Crippen molar-refractivity contribution in [3.05, 3.63) is 23.8 Å². The zero-order valence-electron chi connectivity index (χ0n) is 13.5. The maximum Gasteiger partial charge on any atom is 0.514 e. The Morgan fingerprint density at radius 2 is 1.86 bits per heavy atom. The molecule has 0 bridgehead atoms. The minimum Gasteiger partial charge on any atom is -0.497 e. The monoisotopic (exact) mass is 310 g/mol. The predicted molar refractivity (Wildman–Crippen MR) is 81.3 cm³/mol. The first-order valence-electron chi connectivity index (χ1n) is 7.51. The van der Waals surface area contributed by atoms with Crippen LogP contribution in [-0.4, -0.2) is 25.5 Å². The van der Waals surface area contributed by atoms with E-state index in [2.05, 4.69) is 20.8 Å². The first kappa shape index (κ1) is 16.6. The van der Waals surface area contributed by atoms with Gasteiger partial charge in [0.2, 0.25) is 0 Å². The Labute approximate surface area is 130 Å². The van der Waals surface area contributed by atoms with Crippen LogP contribution < -0.4 is 9.47 Å². The van der Waals surface area contributed by atoms with Crippen molar-refractivity contribution in [3.63, 3.8) is 0 Å². The molecular weight excluding hydrogens is 287 g/mol. The molecule has 1 aliphatic carbocycles. The molecular formula is C17H23FO4. The van der Waals surface area contributed by atoms with E-state index in [9.17, 15) is 9.18 Å². The van der Waals surface area contributed by atoms with Crippen molar-refractivity contribution in [2.45, 2.75) is 57.7 Å². The highest BCUT2D eigenvalue weighted by atomic mass is 19.1. The van der Waals surface area contributed by atoms with Crippen LogP contribution in [0.25, 0.3) is 0 Å². The summed E-state index contributed by atoms with van der Waals surface area (Å²) in [5.74, 6) is 0.933. The molecule has 0 heterocycles. The third-order valence-corrected chi connectivity index (χ3v) is 3.80. The van der Waals surface area contributed by atoms with Gasteiger partial charge in [0.25, 0.3) is 0 Å². The van der Waals surface area contributed by atoms with Crippen molar-refractivity contribution in [2.24, 2.45) is 0 Å².